The topological polar surface area (TPSA) is 79.1 Å². The van der Waals surface area contributed by atoms with Gasteiger partial charge in [0.15, 0.2) is 4.80 Å². The van der Waals surface area contributed by atoms with E-state index in [1.165, 1.54) is 11.3 Å². The molecule has 2 heterocycles. The summed E-state index contributed by atoms with van der Waals surface area (Å²) in [4.78, 5) is 33.1. The lowest BCUT2D eigenvalue weighted by molar-refractivity contribution is -0.138. The second-order valence-electron chi connectivity index (χ2n) is 10.1. The smallest absolute Gasteiger partial charge is 0.338 e. The van der Waals surface area contributed by atoms with Gasteiger partial charge in [-0.2, -0.15) is 0 Å². The van der Waals surface area contributed by atoms with Gasteiger partial charge in [-0.05, 0) is 68.7 Å². The molecule has 1 aliphatic heterocycles. The second-order valence-corrected chi connectivity index (χ2v) is 11.1. The summed E-state index contributed by atoms with van der Waals surface area (Å²) in [7, 11) is 0. The van der Waals surface area contributed by atoms with Gasteiger partial charge in [0, 0.05) is 5.56 Å². The van der Waals surface area contributed by atoms with Crippen LogP contribution in [-0.2, 0) is 9.53 Å². The minimum atomic E-state index is -0.740. The minimum absolute atomic E-state index is 0.0143. The maximum absolute atomic E-state index is 14.0. The molecule has 3 aromatic carbocycles. The van der Waals surface area contributed by atoms with Crippen LogP contribution in [0.15, 0.2) is 94.2 Å². The van der Waals surface area contributed by atoms with Crippen molar-refractivity contribution >= 4 is 29.1 Å². The molecular formula is C34H34N2O5S. The first-order valence-electron chi connectivity index (χ1n) is 14.2. The molecule has 5 rings (SSSR count). The fourth-order valence-electron chi connectivity index (χ4n) is 4.79. The van der Waals surface area contributed by atoms with Crippen molar-refractivity contribution in [1.29, 1.82) is 0 Å². The predicted molar refractivity (Wildman–Crippen MR) is 165 cm³/mol. The number of esters is 1. The van der Waals surface area contributed by atoms with E-state index in [0.29, 0.717) is 33.0 Å². The molecule has 0 spiro atoms. The summed E-state index contributed by atoms with van der Waals surface area (Å²) >= 11 is 1.30. The van der Waals surface area contributed by atoms with Crippen molar-refractivity contribution in [1.82, 2.24) is 4.57 Å². The van der Waals surface area contributed by atoms with Crippen LogP contribution in [0.4, 0.5) is 0 Å². The molecule has 1 aromatic heterocycles. The fourth-order valence-corrected chi connectivity index (χ4v) is 5.79. The average molecular weight is 583 g/mol. The Morgan fingerprint density at radius 1 is 0.976 bits per heavy atom. The predicted octanol–water partition coefficient (Wildman–Crippen LogP) is 5.51. The van der Waals surface area contributed by atoms with Gasteiger partial charge in [-0.25, -0.2) is 9.79 Å². The van der Waals surface area contributed by atoms with Gasteiger partial charge in [-0.1, -0.05) is 72.9 Å². The zero-order valence-corrected chi connectivity index (χ0v) is 25.0. The molecule has 0 amide bonds. The number of carbonyl (C=O) groups is 1. The van der Waals surface area contributed by atoms with Crippen molar-refractivity contribution in [3.63, 3.8) is 0 Å². The standard InChI is InChI=1S/C34H34N2O5S/c1-5-20-40-26-16-12-23(13-17-26)21-28-32(37)36-31(25-14-18-27(19-15-25)41-22(3)4)29(33(38)39-6-2)30(35-34(36)42-28)24-10-8-7-9-11-24/h7-19,21-22,31H,5-6,20H2,1-4H3/b28-21+/t31-/m0/s1. The van der Waals surface area contributed by atoms with E-state index in [1.807, 2.05) is 98.8 Å². The first-order chi connectivity index (χ1) is 20.4. The van der Waals surface area contributed by atoms with Gasteiger partial charge in [0.2, 0.25) is 0 Å². The van der Waals surface area contributed by atoms with Crippen molar-refractivity contribution in [2.24, 2.45) is 4.99 Å². The van der Waals surface area contributed by atoms with E-state index >= 15 is 0 Å². The molecule has 4 aromatic rings. The van der Waals surface area contributed by atoms with E-state index in [1.54, 1.807) is 11.5 Å². The van der Waals surface area contributed by atoms with Gasteiger partial charge in [0.1, 0.15) is 11.5 Å². The molecule has 0 saturated heterocycles. The first-order valence-corrected chi connectivity index (χ1v) is 15.0. The third kappa shape index (κ3) is 6.24. The normalized spacial score (nSPS) is 14.9. The zero-order chi connectivity index (χ0) is 29.6. The van der Waals surface area contributed by atoms with E-state index in [-0.39, 0.29) is 18.3 Å². The monoisotopic (exact) mass is 582 g/mol. The maximum atomic E-state index is 14.0. The van der Waals surface area contributed by atoms with Gasteiger partial charge in [0.25, 0.3) is 5.56 Å². The Morgan fingerprint density at radius 2 is 1.67 bits per heavy atom. The number of thiazole rings is 1. The zero-order valence-electron chi connectivity index (χ0n) is 24.2. The lowest BCUT2D eigenvalue weighted by Gasteiger charge is -2.26. The molecule has 1 atom stereocenters. The van der Waals surface area contributed by atoms with E-state index in [2.05, 4.69) is 6.92 Å². The SMILES string of the molecule is CCCOc1ccc(/C=c2/sc3n(c2=O)[C@@H](c2ccc(OC(C)C)cc2)C(C(=O)OCC)=C(c2ccccc2)N=3)cc1. The Bertz CT molecular complexity index is 1750. The molecule has 0 saturated carbocycles. The van der Waals surface area contributed by atoms with Crippen LogP contribution in [0.2, 0.25) is 0 Å². The van der Waals surface area contributed by atoms with Crippen LogP contribution in [0.5, 0.6) is 11.5 Å². The summed E-state index contributed by atoms with van der Waals surface area (Å²) < 4.78 is 19.2. The van der Waals surface area contributed by atoms with Crippen molar-refractivity contribution in [3.05, 3.63) is 121 Å². The van der Waals surface area contributed by atoms with Gasteiger partial charge < -0.3 is 14.2 Å². The van der Waals surface area contributed by atoms with E-state index in [9.17, 15) is 9.59 Å². The van der Waals surface area contributed by atoms with Crippen molar-refractivity contribution in [2.45, 2.75) is 46.3 Å². The van der Waals surface area contributed by atoms with Gasteiger partial charge in [-0.15, -0.1) is 0 Å². The fraction of sp³-hybridized carbons (Fsp3) is 0.265. The molecule has 0 N–H and O–H groups in total. The lowest BCUT2D eigenvalue weighted by atomic mass is 9.93. The number of carbonyl (C=O) groups excluding carboxylic acids is 1. The Hall–Kier alpha value is -4.43. The number of ether oxygens (including phenoxy) is 3. The number of nitrogens with zero attached hydrogens (tertiary/aromatic N) is 2. The van der Waals surface area contributed by atoms with Crippen LogP contribution in [-0.4, -0.2) is 29.9 Å². The summed E-state index contributed by atoms with van der Waals surface area (Å²) in [5.74, 6) is 0.981. The van der Waals surface area contributed by atoms with Crippen LogP contribution in [0, 0.1) is 0 Å². The number of hydrogen-bond donors (Lipinski definition) is 0. The molecule has 216 valence electrons. The number of benzene rings is 3. The quantitative estimate of drug-likeness (QED) is 0.231. The Balaban J connectivity index is 1.71. The molecule has 0 radical (unpaired) electrons. The highest BCUT2D eigenvalue weighted by molar-refractivity contribution is 7.07. The van der Waals surface area contributed by atoms with Crippen molar-refractivity contribution in [2.75, 3.05) is 13.2 Å². The van der Waals surface area contributed by atoms with Gasteiger partial charge in [-0.3, -0.25) is 9.36 Å². The van der Waals surface area contributed by atoms with E-state index in [4.69, 9.17) is 19.2 Å². The first kappa shape index (κ1) is 29.1. The van der Waals surface area contributed by atoms with Crippen molar-refractivity contribution < 1.29 is 19.0 Å². The second kappa shape index (κ2) is 13.0. The van der Waals surface area contributed by atoms with Crippen LogP contribution in [0.1, 0.15) is 56.8 Å². The highest BCUT2D eigenvalue weighted by atomic mass is 32.1. The summed E-state index contributed by atoms with van der Waals surface area (Å²) in [6.07, 6.45) is 2.79. The molecule has 1 aliphatic rings. The molecule has 0 fully saturated rings. The maximum Gasteiger partial charge on any atom is 0.338 e. The van der Waals surface area contributed by atoms with Crippen LogP contribution in [0.3, 0.4) is 0 Å². The largest absolute Gasteiger partial charge is 0.494 e. The Kier molecular flexibility index (Phi) is 9.03. The average Bonchev–Trinajstić information content (AvgIpc) is 3.30. The molecule has 42 heavy (non-hydrogen) atoms. The molecule has 0 aliphatic carbocycles. The number of rotatable bonds is 10. The molecule has 8 heteroatoms. The molecule has 0 unspecified atom stereocenters. The number of fused-ring (bicyclic) bond motifs is 1. The lowest BCUT2D eigenvalue weighted by Crippen LogP contribution is -2.40. The Labute approximate surface area is 249 Å². The summed E-state index contributed by atoms with van der Waals surface area (Å²) in [6, 6.07) is 23.9. The third-order valence-electron chi connectivity index (χ3n) is 6.59. The van der Waals surface area contributed by atoms with Crippen LogP contribution >= 0.6 is 11.3 Å². The molecule has 7 nitrogen and oxygen atoms in total. The molecule has 0 bridgehead atoms. The van der Waals surface area contributed by atoms with Gasteiger partial charge in [0.05, 0.1) is 41.2 Å². The Morgan fingerprint density at radius 3 is 2.31 bits per heavy atom. The summed E-state index contributed by atoms with van der Waals surface area (Å²) in [5, 5.41) is 0. The van der Waals surface area contributed by atoms with Crippen LogP contribution in [0.25, 0.3) is 11.8 Å². The van der Waals surface area contributed by atoms with E-state index in [0.717, 1.165) is 28.9 Å². The minimum Gasteiger partial charge on any atom is -0.494 e. The van der Waals surface area contributed by atoms with Crippen LogP contribution < -0.4 is 24.4 Å². The van der Waals surface area contributed by atoms with Gasteiger partial charge >= 0.3 is 5.97 Å². The number of hydrogen-bond acceptors (Lipinski definition) is 7. The molecular weight excluding hydrogens is 548 g/mol. The number of aromatic nitrogens is 1. The van der Waals surface area contributed by atoms with E-state index < -0.39 is 12.0 Å². The highest BCUT2D eigenvalue weighted by Crippen LogP contribution is 2.35. The third-order valence-corrected chi connectivity index (χ3v) is 7.57. The summed E-state index contributed by atoms with van der Waals surface area (Å²) in [5.41, 5.74) is 2.96. The highest BCUT2D eigenvalue weighted by Gasteiger charge is 2.35. The van der Waals surface area contributed by atoms with Crippen molar-refractivity contribution in [3.8, 4) is 11.5 Å². The summed E-state index contributed by atoms with van der Waals surface area (Å²) in [6.45, 7) is 8.60.